The molecular formula is C14H11BrN2O4. The van der Waals surface area contributed by atoms with Crippen molar-refractivity contribution in [1.29, 1.82) is 0 Å². The van der Waals surface area contributed by atoms with Gasteiger partial charge in [0.2, 0.25) is 0 Å². The Morgan fingerprint density at radius 2 is 1.90 bits per heavy atom. The standard InChI is InChI=1S/C14H11BrN2O4/c1-21-11-6-7-13(15)12(8-11)14(18)16-9-2-4-10(5-3-9)17(19)20/h2-8H,1H3,(H,16,18). The lowest BCUT2D eigenvalue weighted by atomic mass is 10.2. The van der Waals surface area contributed by atoms with Gasteiger partial charge in [-0.1, -0.05) is 0 Å². The number of halogens is 1. The minimum absolute atomic E-state index is 0.0319. The first kappa shape index (κ1) is 15.0. The largest absolute Gasteiger partial charge is 0.497 e. The lowest BCUT2D eigenvalue weighted by Crippen LogP contribution is -2.12. The summed E-state index contributed by atoms with van der Waals surface area (Å²) < 4.78 is 5.70. The van der Waals surface area contributed by atoms with Gasteiger partial charge in [0.15, 0.2) is 0 Å². The van der Waals surface area contributed by atoms with Crippen LogP contribution in [0.15, 0.2) is 46.9 Å². The molecule has 0 atom stereocenters. The number of hydrogen-bond donors (Lipinski definition) is 1. The van der Waals surface area contributed by atoms with Crippen LogP contribution in [0.25, 0.3) is 0 Å². The zero-order valence-corrected chi connectivity index (χ0v) is 12.6. The molecule has 0 saturated heterocycles. The predicted molar refractivity (Wildman–Crippen MR) is 81.7 cm³/mol. The zero-order valence-electron chi connectivity index (χ0n) is 11.0. The summed E-state index contributed by atoms with van der Waals surface area (Å²) in [6, 6.07) is 10.7. The first-order chi connectivity index (χ1) is 10.0. The van der Waals surface area contributed by atoms with Gasteiger partial charge in [-0.05, 0) is 46.3 Å². The van der Waals surface area contributed by atoms with E-state index < -0.39 is 4.92 Å². The number of hydrogen-bond acceptors (Lipinski definition) is 4. The molecule has 1 N–H and O–H groups in total. The van der Waals surface area contributed by atoms with E-state index in [1.54, 1.807) is 18.2 Å². The lowest BCUT2D eigenvalue weighted by Gasteiger charge is -2.08. The molecule has 0 spiro atoms. The van der Waals surface area contributed by atoms with Crippen LogP contribution in [0.1, 0.15) is 10.4 Å². The normalized spacial score (nSPS) is 10.0. The van der Waals surface area contributed by atoms with Crippen molar-refractivity contribution in [1.82, 2.24) is 0 Å². The molecule has 0 aliphatic rings. The Hall–Kier alpha value is -2.41. The second kappa shape index (κ2) is 6.36. The molecule has 0 aromatic heterocycles. The van der Waals surface area contributed by atoms with Gasteiger partial charge in [-0.15, -0.1) is 0 Å². The minimum Gasteiger partial charge on any atom is -0.497 e. The third-order valence-electron chi connectivity index (χ3n) is 2.75. The molecule has 0 aliphatic carbocycles. The highest BCUT2D eigenvalue weighted by molar-refractivity contribution is 9.10. The molecule has 0 aliphatic heterocycles. The fraction of sp³-hybridized carbons (Fsp3) is 0.0714. The molecule has 2 rings (SSSR count). The molecule has 0 saturated carbocycles. The molecule has 0 fully saturated rings. The van der Waals surface area contributed by atoms with E-state index in [9.17, 15) is 14.9 Å². The molecule has 2 aromatic carbocycles. The molecule has 0 unspecified atom stereocenters. The Bertz CT molecular complexity index is 686. The van der Waals surface area contributed by atoms with E-state index in [1.807, 2.05) is 0 Å². The van der Waals surface area contributed by atoms with Crippen molar-refractivity contribution >= 4 is 33.2 Å². The van der Waals surface area contributed by atoms with Gasteiger partial charge in [-0.3, -0.25) is 14.9 Å². The number of ether oxygens (including phenoxy) is 1. The highest BCUT2D eigenvalue weighted by Gasteiger charge is 2.12. The van der Waals surface area contributed by atoms with E-state index in [0.29, 0.717) is 21.5 Å². The molecule has 0 bridgehead atoms. The predicted octanol–water partition coefficient (Wildman–Crippen LogP) is 3.62. The lowest BCUT2D eigenvalue weighted by molar-refractivity contribution is -0.384. The van der Waals surface area contributed by atoms with E-state index in [1.165, 1.54) is 31.4 Å². The zero-order chi connectivity index (χ0) is 15.4. The molecule has 2 aromatic rings. The summed E-state index contributed by atoms with van der Waals surface area (Å²) in [5.41, 5.74) is 0.851. The SMILES string of the molecule is COc1ccc(Br)c(C(=O)Nc2ccc([N+](=O)[O-])cc2)c1. The number of anilines is 1. The number of nitrogens with one attached hydrogen (secondary N) is 1. The van der Waals surface area contributed by atoms with Crippen LogP contribution in [0.2, 0.25) is 0 Å². The Morgan fingerprint density at radius 3 is 2.48 bits per heavy atom. The summed E-state index contributed by atoms with van der Waals surface area (Å²) in [7, 11) is 1.52. The molecular weight excluding hydrogens is 340 g/mol. The molecule has 0 heterocycles. The topological polar surface area (TPSA) is 81.5 Å². The first-order valence-corrected chi connectivity index (χ1v) is 6.70. The molecule has 108 valence electrons. The molecule has 6 nitrogen and oxygen atoms in total. The van der Waals surface area contributed by atoms with Crippen LogP contribution in [0.4, 0.5) is 11.4 Å². The quantitative estimate of drug-likeness (QED) is 0.674. The van der Waals surface area contributed by atoms with Crippen molar-refractivity contribution < 1.29 is 14.5 Å². The van der Waals surface area contributed by atoms with Crippen LogP contribution >= 0.6 is 15.9 Å². The molecule has 7 heteroatoms. The van der Waals surface area contributed by atoms with Crippen molar-refractivity contribution in [3.63, 3.8) is 0 Å². The van der Waals surface area contributed by atoms with Gasteiger partial charge >= 0.3 is 0 Å². The Morgan fingerprint density at radius 1 is 1.24 bits per heavy atom. The number of carbonyl (C=O) groups excluding carboxylic acids is 1. The fourth-order valence-corrected chi connectivity index (χ4v) is 2.10. The summed E-state index contributed by atoms with van der Waals surface area (Å²) in [5, 5.41) is 13.2. The summed E-state index contributed by atoms with van der Waals surface area (Å²) in [6.07, 6.45) is 0. The number of nitro groups is 1. The number of nitro benzene ring substituents is 1. The maximum atomic E-state index is 12.2. The monoisotopic (exact) mass is 350 g/mol. The maximum absolute atomic E-state index is 12.2. The smallest absolute Gasteiger partial charge is 0.269 e. The maximum Gasteiger partial charge on any atom is 0.269 e. The Kier molecular flexibility index (Phi) is 4.54. The number of non-ortho nitro benzene ring substituents is 1. The van der Waals surface area contributed by atoms with Crippen molar-refractivity contribution in [2.24, 2.45) is 0 Å². The summed E-state index contributed by atoms with van der Waals surface area (Å²) in [5.74, 6) is 0.224. The van der Waals surface area contributed by atoms with Gasteiger partial charge in [0.05, 0.1) is 17.6 Å². The van der Waals surface area contributed by atoms with Crippen molar-refractivity contribution in [2.75, 3.05) is 12.4 Å². The molecule has 1 amide bonds. The number of benzene rings is 2. The molecule has 0 radical (unpaired) electrons. The number of rotatable bonds is 4. The number of nitrogens with zero attached hydrogens (tertiary/aromatic N) is 1. The van der Waals surface area contributed by atoms with E-state index in [0.717, 1.165) is 0 Å². The average Bonchev–Trinajstić information content (AvgIpc) is 2.48. The highest BCUT2D eigenvalue weighted by Crippen LogP contribution is 2.24. The van der Waals surface area contributed by atoms with E-state index in [-0.39, 0.29) is 11.6 Å². The second-order valence-electron chi connectivity index (χ2n) is 4.10. The minimum atomic E-state index is -0.496. The van der Waals surface area contributed by atoms with Crippen LogP contribution in [0.3, 0.4) is 0 Å². The van der Waals surface area contributed by atoms with Gasteiger partial charge in [0.1, 0.15) is 5.75 Å². The van der Waals surface area contributed by atoms with Crippen LogP contribution in [0.5, 0.6) is 5.75 Å². The van der Waals surface area contributed by atoms with E-state index >= 15 is 0 Å². The third-order valence-corrected chi connectivity index (χ3v) is 3.45. The summed E-state index contributed by atoms with van der Waals surface area (Å²) >= 11 is 3.30. The van der Waals surface area contributed by atoms with Crippen molar-refractivity contribution in [2.45, 2.75) is 0 Å². The number of carbonyl (C=O) groups is 1. The van der Waals surface area contributed by atoms with Crippen LogP contribution in [-0.2, 0) is 0 Å². The highest BCUT2D eigenvalue weighted by atomic mass is 79.9. The average molecular weight is 351 g/mol. The number of amides is 1. The first-order valence-electron chi connectivity index (χ1n) is 5.90. The van der Waals surface area contributed by atoms with Gasteiger partial charge in [-0.25, -0.2) is 0 Å². The van der Waals surface area contributed by atoms with E-state index in [4.69, 9.17) is 4.74 Å². The van der Waals surface area contributed by atoms with Gasteiger partial charge < -0.3 is 10.1 Å². The fourth-order valence-electron chi connectivity index (χ4n) is 1.67. The van der Waals surface area contributed by atoms with Crippen LogP contribution < -0.4 is 10.1 Å². The van der Waals surface area contributed by atoms with Gasteiger partial charge in [0.25, 0.3) is 11.6 Å². The molecule has 21 heavy (non-hydrogen) atoms. The van der Waals surface area contributed by atoms with Crippen LogP contribution in [-0.4, -0.2) is 17.9 Å². The van der Waals surface area contributed by atoms with Crippen molar-refractivity contribution in [3.8, 4) is 5.75 Å². The summed E-state index contributed by atoms with van der Waals surface area (Å²) in [6.45, 7) is 0. The Balaban J connectivity index is 2.19. The van der Waals surface area contributed by atoms with Crippen LogP contribution in [0, 0.1) is 10.1 Å². The Labute approximate surface area is 129 Å². The van der Waals surface area contributed by atoms with Gasteiger partial charge in [0, 0.05) is 22.3 Å². The van der Waals surface area contributed by atoms with Gasteiger partial charge in [-0.2, -0.15) is 0 Å². The summed E-state index contributed by atoms with van der Waals surface area (Å²) in [4.78, 5) is 22.3. The van der Waals surface area contributed by atoms with Crippen molar-refractivity contribution in [3.05, 3.63) is 62.6 Å². The third kappa shape index (κ3) is 3.57. The number of methoxy groups -OCH3 is 1. The second-order valence-corrected chi connectivity index (χ2v) is 4.96. The van der Waals surface area contributed by atoms with E-state index in [2.05, 4.69) is 21.2 Å².